The van der Waals surface area contributed by atoms with Crippen molar-refractivity contribution in [3.63, 3.8) is 0 Å². The molecule has 0 aliphatic heterocycles. The Balaban J connectivity index is -0.000000267. The molecular weight excluding hydrogens is 280 g/mol. The van der Waals surface area contributed by atoms with Crippen LogP contribution in [0, 0.1) is 0 Å². The van der Waals surface area contributed by atoms with Crippen LogP contribution in [0.2, 0.25) is 0 Å². The van der Waals surface area contributed by atoms with Gasteiger partial charge in [0.2, 0.25) is 0 Å². The molecule has 0 aliphatic carbocycles. The highest BCUT2D eigenvalue weighted by molar-refractivity contribution is 5.34. The summed E-state index contributed by atoms with van der Waals surface area (Å²) in [6.07, 6.45) is 13.5. The molecule has 0 amide bonds. The Morgan fingerprint density at radius 1 is 0.739 bits per heavy atom. The maximum Gasteiger partial charge on any atom is 0.0487 e. The van der Waals surface area contributed by atoms with E-state index in [9.17, 15) is 0 Å². The summed E-state index contributed by atoms with van der Waals surface area (Å²) in [7, 11) is 0. The first-order chi connectivity index (χ1) is 11.1. The molecule has 0 saturated heterocycles. The first-order valence-corrected chi connectivity index (χ1v) is 8.87. The highest BCUT2D eigenvalue weighted by Crippen LogP contribution is 2.13. The van der Waals surface area contributed by atoms with Gasteiger partial charge in [0.05, 0.1) is 0 Å². The summed E-state index contributed by atoms with van der Waals surface area (Å²) in [6.45, 7) is 21.5. The summed E-state index contributed by atoms with van der Waals surface area (Å²) in [5.74, 6) is 0. The lowest BCUT2D eigenvalue weighted by Crippen LogP contribution is -2.43. The van der Waals surface area contributed by atoms with Gasteiger partial charge in [-0.1, -0.05) is 90.7 Å². The topological polar surface area (TPSA) is 52.0 Å². The van der Waals surface area contributed by atoms with Crippen LogP contribution in [0.15, 0.2) is 60.3 Å². The molecule has 0 rings (SSSR count). The lowest BCUT2D eigenvalue weighted by Gasteiger charge is -2.22. The van der Waals surface area contributed by atoms with Crippen LogP contribution in [0.4, 0.5) is 0 Å². The van der Waals surface area contributed by atoms with E-state index in [2.05, 4.69) is 6.58 Å². The molecule has 136 valence electrons. The van der Waals surface area contributed by atoms with Crippen molar-refractivity contribution in [2.24, 2.45) is 11.5 Å². The van der Waals surface area contributed by atoms with Gasteiger partial charge in [-0.2, -0.15) is 0 Å². The van der Waals surface area contributed by atoms with Crippen LogP contribution in [0.3, 0.4) is 0 Å². The Bertz CT molecular complexity index is 347. The van der Waals surface area contributed by atoms with Crippen LogP contribution < -0.4 is 11.5 Å². The number of nitrogens with two attached hydrogens (primary N) is 2. The Labute approximate surface area is 146 Å². The fourth-order valence-corrected chi connectivity index (χ4v) is 1.59. The minimum absolute atomic E-state index is 0.197. The quantitative estimate of drug-likeness (QED) is 0.595. The number of hydrogen-bond acceptors (Lipinski definition) is 2. The third kappa shape index (κ3) is 15.3. The summed E-state index contributed by atoms with van der Waals surface area (Å²) >= 11 is 0. The molecule has 0 aromatic rings. The third-order valence-corrected chi connectivity index (χ3v) is 2.61. The van der Waals surface area contributed by atoms with E-state index in [1.807, 2.05) is 98.8 Å². The average molecular weight is 323 g/mol. The van der Waals surface area contributed by atoms with Crippen molar-refractivity contribution in [1.29, 1.82) is 0 Å². The maximum absolute atomic E-state index is 6.17. The summed E-state index contributed by atoms with van der Waals surface area (Å²) in [5.41, 5.74) is 14.4. The molecular formula is C21H42N2. The van der Waals surface area contributed by atoms with Crippen LogP contribution >= 0.6 is 0 Å². The molecule has 0 aromatic carbocycles. The van der Waals surface area contributed by atoms with E-state index in [1.54, 1.807) is 6.08 Å². The summed E-state index contributed by atoms with van der Waals surface area (Å²) in [4.78, 5) is 0. The molecule has 2 atom stereocenters. The Morgan fingerprint density at radius 3 is 1.35 bits per heavy atom. The molecule has 4 N–H and O–H groups in total. The largest absolute Gasteiger partial charge is 0.322 e. The minimum atomic E-state index is -0.210. The molecule has 0 fully saturated rings. The minimum Gasteiger partial charge on any atom is -0.322 e. The highest BCUT2D eigenvalue weighted by atomic mass is 14.8. The third-order valence-electron chi connectivity index (χ3n) is 2.61. The van der Waals surface area contributed by atoms with Crippen molar-refractivity contribution >= 4 is 0 Å². The molecule has 23 heavy (non-hydrogen) atoms. The van der Waals surface area contributed by atoms with E-state index >= 15 is 0 Å². The summed E-state index contributed by atoms with van der Waals surface area (Å²) in [6, 6.07) is -0.407. The van der Waals surface area contributed by atoms with E-state index in [0.29, 0.717) is 0 Å². The van der Waals surface area contributed by atoms with Crippen LogP contribution in [-0.4, -0.2) is 12.1 Å². The second-order valence-electron chi connectivity index (χ2n) is 3.72. The van der Waals surface area contributed by atoms with Gasteiger partial charge in [0.25, 0.3) is 0 Å². The van der Waals surface area contributed by atoms with Gasteiger partial charge in [0, 0.05) is 12.1 Å². The van der Waals surface area contributed by atoms with Crippen molar-refractivity contribution in [2.75, 3.05) is 0 Å². The smallest absolute Gasteiger partial charge is 0.0487 e. The van der Waals surface area contributed by atoms with Crippen LogP contribution in [-0.2, 0) is 0 Å². The zero-order valence-electron chi connectivity index (χ0n) is 17.1. The second kappa shape index (κ2) is 25.6. The van der Waals surface area contributed by atoms with E-state index in [-0.39, 0.29) is 12.1 Å². The monoisotopic (exact) mass is 322 g/mol. The molecule has 0 aromatic heterocycles. The van der Waals surface area contributed by atoms with Crippen molar-refractivity contribution in [1.82, 2.24) is 0 Å². The Kier molecular flexibility index (Phi) is 32.9. The first-order valence-electron chi connectivity index (χ1n) is 8.87. The number of hydrogen-bond donors (Lipinski definition) is 2. The van der Waals surface area contributed by atoms with E-state index in [1.165, 1.54) is 0 Å². The SMILES string of the molecule is C=C/C=C\C(=C/C)[C@@H](N)[C@H](N)C(/C=C\C)=C/C.CC.CC.CC. The summed E-state index contributed by atoms with van der Waals surface area (Å²) < 4.78 is 0. The van der Waals surface area contributed by atoms with Crippen LogP contribution in [0.5, 0.6) is 0 Å². The maximum atomic E-state index is 6.17. The van der Waals surface area contributed by atoms with Crippen molar-refractivity contribution in [2.45, 2.75) is 74.4 Å². The zero-order valence-corrected chi connectivity index (χ0v) is 17.1. The normalized spacial score (nSPS) is 13.9. The molecule has 0 bridgehead atoms. The molecule has 0 heterocycles. The second-order valence-corrected chi connectivity index (χ2v) is 3.72. The van der Waals surface area contributed by atoms with Gasteiger partial charge < -0.3 is 11.5 Å². The van der Waals surface area contributed by atoms with Gasteiger partial charge in [0.1, 0.15) is 0 Å². The van der Waals surface area contributed by atoms with Crippen molar-refractivity contribution < 1.29 is 0 Å². The Morgan fingerprint density at radius 2 is 1.09 bits per heavy atom. The predicted octanol–water partition coefficient (Wildman–Crippen LogP) is 5.93. The molecule has 2 nitrogen and oxygen atoms in total. The predicted molar refractivity (Wildman–Crippen MR) is 112 cm³/mol. The average Bonchev–Trinajstić information content (AvgIpc) is 2.64. The van der Waals surface area contributed by atoms with Gasteiger partial charge >= 0.3 is 0 Å². The van der Waals surface area contributed by atoms with Crippen LogP contribution in [0.1, 0.15) is 62.3 Å². The lowest BCUT2D eigenvalue weighted by atomic mass is 9.93. The number of rotatable bonds is 6. The lowest BCUT2D eigenvalue weighted by molar-refractivity contribution is 0.664. The zero-order chi connectivity index (χ0) is 19.3. The van der Waals surface area contributed by atoms with Gasteiger partial charge in [-0.25, -0.2) is 0 Å². The van der Waals surface area contributed by atoms with E-state index in [4.69, 9.17) is 11.5 Å². The molecule has 0 aliphatic rings. The molecule has 0 saturated carbocycles. The van der Waals surface area contributed by atoms with E-state index in [0.717, 1.165) is 11.1 Å². The number of allylic oxidation sites excluding steroid dienone is 5. The summed E-state index contributed by atoms with van der Waals surface area (Å²) in [5, 5.41) is 0. The van der Waals surface area contributed by atoms with Crippen molar-refractivity contribution in [3.05, 3.63) is 60.3 Å². The first kappa shape index (κ1) is 29.6. The molecule has 0 radical (unpaired) electrons. The van der Waals surface area contributed by atoms with Gasteiger partial charge in [-0.05, 0) is 31.9 Å². The van der Waals surface area contributed by atoms with Crippen molar-refractivity contribution in [3.8, 4) is 0 Å². The van der Waals surface area contributed by atoms with Gasteiger partial charge in [-0.3, -0.25) is 0 Å². The fraction of sp³-hybridized carbons (Fsp3) is 0.524. The highest BCUT2D eigenvalue weighted by Gasteiger charge is 2.17. The van der Waals surface area contributed by atoms with Gasteiger partial charge in [-0.15, -0.1) is 0 Å². The molecule has 0 spiro atoms. The van der Waals surface area contributed by atoms with Gasteiger partial charge in [0.15, 0.2) is 0 Å². The van der Waals surface area contributed by atoms with Crippen LogP contribution in [0.25, 0.3) is 0 Å². The Hall–Kier alpha value is -1.38. The van der Waals surface area contributed by atoms with E-state index < -0.39 is 0 Å². The fourth-order valence-electron chi connectivity index (χ4n) is 1.59. The molecule has 2 heteroatoms. The molecule has 0 unspecified atom stereocenters. The standard InChI is InChI=1S/C15H24N2.3C2H6/c1-5-9-11-13(8-4)15(17)14(16)12(7-3)10-6-2;3*1-2/h5-11,14-15H,1,16-17H2,2-4H3;3*1-2H3/b10-6-,11-9-,12-7+,13-8+;;;/t14-,15-;;;/m1.../s1.